The van der Waals surface area contributed by atoms with Crippen molar-refractivity contribution in [3.63, 3.8) is 0 Å². The molecule has 7 nitrogen and oxygen atoms in total. The van der Waals surface area contributed by atoms with Gasteiger partial charge in [-0.3, -0.25) is 9.10 Å². The molecule has 190 valence electrons. The summed E-state index contributed by atoms with van der Waals surface area (Å²) in [6.07, 6.45) is 1.56. The lowest BCUT2D eigenvalue weighted by Crippen LogP contribution is -2.39. The normalized spacial score (nSPS) is 11.6. The molecule has 0 radical (unpaired) electrons. The Labute approximate surface area is 222 Å². The van der Waals surface area contributed by atoms with E-state index in [-0.39, 0.29) is 4.90 Å². The monoisotopic (exact) mass is 534 g/mol. The minimum atomic E-state index is -4.03. The van der Waals surface area contributed by atoms with Crippen LogP contribution < -0.4 is 9.73 Å². The van der Waals surface area contributed by atoms with Gasteiger partial charge in [-0.2, -0.15) is 5.10 Å². The highest BCUT2D eigenvalue weighted by Gasteiger charge is 2.27. The third-order valence-electron chi connectivity index (χ3n) is 5.89. The number of carbonyl (C=O) groups excluding carboxylic acids is 1. The van der Waals surface area contributed by atoms with Crippen LogP contribution in [0.15, 0.2) is 94.9 Å². The lowest BCUT2D eigenvalue weighted by Gasteiger charge is -2.23. The second-order valence-corrected chi connectivity index (χ2v) is 10.9. The Morgan fingerprint density at radius 2 is 1.62 bits per heavy atom. The molecule has 1 N–H and O–H groups in total. The van der Waals surface area contributed by atoms with Gasteiger partial charge in [0.25, 0.3) is 15.9 Å². The fraction of sp³-hybridized carbons (Fsp3) is 0.143. The van der Waals surface area contributed by atoms with Gasteiger partial charge in [-0.1, -0.05) is 47.5 Å². The number of hydrogen-bond acceptors (Lipinski definition) is 4. The van der Waals surface area contributed by atoms with Crippen LogP contribution in [-0.4, -0.2) is 31.7 Å². The number of sulfonamides is 1. The smallest absolute Gasteiger partial charge is 0.264 e. The van der Waals surface area contributed by atoms with Gasteiger partial charge in [-0.05, 0) is 75.4 Å². The number of para-hydroxylation sites is 1. The first-order chi connectivity index (χ1) is 17.7. The van der Waals surface area contributed by atoms with Crippen molar-refractivity contribution < 1.29 is 13.2 Å². The average molecular weight is 535 g/mol. The number of benzene rings is 3. The molecule has 0 saturated carbocycles. The van der Waals surface area contributed by atoms with Gasteiger partial charge in [0.2, 0.25) is 0 Å². The zero-order valence-corrected chi connectivity index (χ0v) is 22.3. The number of halogens is 1. The van der Waals surface area contributed by atoms with Crippen molar-refractivity contribution in [1.29, 1.82) is 0 Å². The molecule has 0 fully saturated rings. The zero-order valence-electron chi connectivity index (χ0n) is 20.7. The summed E-state index contributed by atoms with van der Waals surface area (Å²) in [6.45, 7) is 5.57. The van der Waals surface area contributed by atoms with Crippen molar-refractivity contribution in [2.45, 2.75) is 25.7 Å². The van der Waals surface area contributed by atoms with Gasteiger partial charge >= 0.3 is 0 Å². The summed E-state index contributed by atoms with van der Waals surface area (Å²) >= 11 is 5.92. The van der Waals surface area contributed by atoms with Gasteiger partial charge in [0.1, 0.15) is 6.54 Å². The van der Waals surface area contributed by atoms with E-state index in [0.717, 1.165) is 26.9 Å². The zero-order chi connectivity index (χ0) is 26.6. The molecule has 3 aromatic carbocycles. The molecule has 0 aliphatic rings. The van der Waals surface area contributed by atoms with Crippen LogP contribution in [0.25, 0.3) is 5.69 Å². The van der Waals surface area contributed by atoms with Crippen molar-refractivity contribution in [2.75, 3.05) is 10.8 Å². The van der Waals surface area contributed by atoms with Crippen molar-refractivity contribution in [3.05, 3.63) is 112 Å². The Morgan fingerprint density at radius 3 is 2.27 bits per heavy atom. The molecule has 37 heavy (non-hydrogen) atoms. The number of rotatable bonds is 8. The summed E-state index contributed by atoms with van der Waals surface area (Å²) in [5, 5.41) is 4.52. The molecule has 0 aliphatic carbocycles. The first-order valence-corrected chi connectivity index (χ1v) is 13.4. The number of hydrazone groups is 1. The van der Waals surface area contributed by atoms with Crippen molar-refractivity contribution >= 4 is 39.4 Å². The quantitative estimate of drug-likeness (QED) is 0.242. The number of nitrogens with zero attached hydrogens (tertiary/aromatic N) is 3. The van der Waals surface area contributed by atoms with Crippen LogP contribution in [0.3, 0.4) is 0 Å². The number of amides is 1. The van der Waals surface area contributed by atoms with Gasteiger partial charge < -0.3 is 4.57 Å². The maximum atomic E-state index is 13.4. The molecule has 0 saturated heterocycles. The van der Waals surface area contributed by atoms with Gasteiger partial charge in [0.15, 0.2) is 0 Å². The largest absolute Gasteiger partial charge is 0.318 e. The van der Waals surface area contributed by atoms with E-state index >= 15 is 0 Å². The van der Waals surface area contributed by atoms with Crippen LogP contribution in [-0.2, 0) is 14.8 Å². The minimum Gasteiger partial charge on any atom is -0.318 e. The molecule has 1 heterocycles. The van der Waals surface area contributed by atoms with E-state index in [1.54, 1.807) is 36.5 Å². The van der Waals surface area contributed by atoms with Crippen LogP contribution in [0.1, 0.15) is 22.5 Å². The molecule has 4 rings (SSSR count). The fourth-order valence-corrected chi connectivity index (χ4v) is 5.54. The highest BCUT2D eigenvalue weighted by Crippen LogP contribution is 2.24. The van der Waals surface area contributed by atoms with E-state index in [9.17, 15) is 13.2 Å². The van der Waals surface area contributed by atoms with Crippen LogP contribution in [0, 0.1) is 20.8 Å². The maximum Gasteiger partial charge on any atom is 0.264 e. The van der Waals surface area contributed by atoms with E-state index in [1.807, 2.05) is 26.8 Å². The maximum absolute atomic E-state index is 13.4. The van der Waals surface area contributed by atoms with Crippen LogP contribution >= 0.6 is 11.6 Å². The highest BCUT2D eigenvalue weighted by molar-refractivity contribution is 7.92. The first kappa shape index (κ1) is 26.2. The standard InChI is InChI=1S/C28H27ClN4O3S/c1-20-9-13-26(14-10-20)33-21(2)17-23(22(33)3)18-30-31-28(34)19-32(25-7-5-4-6-8-25)37(35,36)27-15-11-24(29)12-16-27/h4-18H,19H2,1-3H3,(H,31,34)/b30-18-. The number of nitrogens with one attached hydrogen (secondary N) is 1. The van der Waals surface area contributed by atoms with Crippen molar-refractivity contribution in [3.8, 4) is 5.69 Å². The molecule has 0 aliphatic heterocycles. The third kappa shape index (κ3) is 5.93. The molecule has 1 amide bonds. The molecule has 0 unspecified atom stereocenters. The molecule has 1 aromatic heterocycles. The summed E-state index contributed by atoms with van der Waals surface area (Å²) in [5.41, 5.74) is 7.87. The molecule has 9 heteroatoms. The van der Waals surface area contributed by atoms with Crippen LogP contribution in [0.2, 0.25) is 5.02 Å². The summed E-state index contributed by atoms with van der Waals surface area (Å²) in [6, 6.07) is 24.4. The van der Waals surface area contributed by atoms with Crippen LogP contribution in [0.5, 0.6) is 0 Å². The number of aryl methyl sites for hydroxylation is 2. The Balaban J connectivity index is 1.53. The Kier molecular flexibility index (Phi) is 7.80. The van der Waals surface area contributed by atoms with Gasteiger partial charge in [-0.15, -0.1) is 0 Å². The SMILES string of the molecule is Cc1ccc(-n2c(C)cc(/C=N\NC(=O)CN(c3ccccc3)S(=O)(=O)c3ccc(Cl)cc3)c2C)cc1. The van der Waals surface area contributed by atoms with E-state index in [1.165, 1.54) is 29.8 Å². The van der Waals surface area contributed by atoms with Gasteiger partial charge in [0.05, 0.1) is 16.8 Å². The van der Waals surface area contributed by atoms with Gasteiger partial charge in [-0.25, -0.2) is 13.8 Å². The van der Waals surface area contributed by atoms with E-state index in [2.05, 4.69) is 39.4 Å². The minimum absolute atomic E-state index is 0.0283. The van der Waals surface area contributed by atoms with E-state index < -0.39 is 22.5 Å². The third-order valence-corrected chi connectivity index (χ3v) is 7.93. The molecule has 0 atom stereocenters. The van der Waals surface area contributed by atoms with E-state index in [0.29, 0.717) is 10.7 Å². The molecular formula is C28H27ClN4O3S. The molecule has 4 aromatic rings. The number of carbonyl (C=O) groups is 1. The van der Waals surface area contributed by atoms with Gasteiger partial charge in [0, 0.05) is 27.7 Å². The lowest BCUT2D eigenvalue weighted by molar-refractivity contribution is -0.119. The summed E-state index contributed by atoms with van der Waals surface area (Å²) in [7, 11) is -4.03. The highest BCUT2D eigenvalue weighted by atomic mass is 35.5. The first-order valence-electron chi connectivity index (χ1n) is 11.6. The number of aromatic nitrogens is 1. The fourth-order valence-electron chi connectivity index (χ4n) is 3.99. The Hall–Kier alpha value is -3.88. The summed E-state index contributed by atoms with van der Waals surface area (Å²) in [5.74, 6) is -0.579. The lowest BCUT2D eigenvalue weighted by atomic mass is 10.2. The summed E-state index contributed by atoms with van der Waals surface area (Å²) < 4.78 is 29.9. The van der Waals surface area contributed by atoms with Crippen LogP contribution in [0.4, 0.5) is 5.69 Å². The molecular weight excluding hydrogens is 508 g/mol. The number of anilines is 1. The molecule has 0 bridgehead atoms. The predicted molar refractivity (Wildman–Crippen MR) is 148 cm³/mol. The van der Waals surface area contributed by atoms with Crippen molar-refractivity contribution in [1.82, 2.24) is 9.99 Å². The molecule has 0 spiro atoms. The Morgan fingerprint density at radius 1 is 0.973 bits per heavy atom. The van der Waals surface area contributed by atoms with Crippen molar-refractivity contribution in [2.24, 2.45) is 5.10 Å². The number of hydrogen-bond donors (Lipinski definition) is 1. The average Bonchev–Trinajstić information content (AvgIpc) is 3.16. The van der Waals surface area contributed by atoms with E-state index in [4.69, 9.17) is 11.6 Å². The second kappa shape index (κ2) is 11.0. The summed E-state index contributed by atoms with van der Waals surface area (Å²) in [4.78, 5) is 12.8. The predicted octanol–water partition coefficient (Wildman–Crippen LogP) is 5.40. The second-order valence-electron chi connectivity index (χ2n) is 8.59. The Bertz CT molecular complexity index is 1530. The topological polar surface area (TPSA) is 83.8 Å².